The first kappa shape index (κ1) is 14.7. The quantitative estimate of drug-likeness (QED) is 0.881. The molecule has 0 bridgehead atoms. The van der Waals surface area contributed by atoms with Gasteiger partial charge in [-0.15, -0.1) is 0 Å². The predicted octanol–water partition coefficient (Wildman–Crippen LogP) is 2.98. The summed E-state index contributed by atoms with van der Waals surface area (Å²) in [6, 6.07) is 3.28. The molecule has 0 aliphatic rings. The van der Waals surface area contributed by atoms with Crippen LogP contribution in [0.4, 0.5) is 8.78 Å². The van der Waals surface area contributed by atoms with E-state index in [1.807, 2.05) is 24.7 Å². The lowest BCUT2D eigenvalue weighted by molar-refractivity contribution is 0.479. The Labute approximate surface area is 117 Å². The lowest BCUT2D eigenvalue weighted by Crippen LogP contribution is -2.26. The zero-order valence-corrected chi connectivity index (χ0v) is 11.7. The fourth-order valence-electron chi connectivity index (χ4n) is 2.17. The first-order chi connectivity index (χ1) is 9.61. The van der Waals surface area contributed by atoms with Crippen LogP contribution in [0.1, 0.15) is 30.8 Å². The number of nitrogens with one attached hydrogen (secondary N) is 1. The van der Waals surface area contributed by atoms with Crippen LogP contribution < -0.4 is 5.32 Å². The van der Waals surface area contributed by atoms with Crippen molar-refractivity contribution >= 4 is 0 Å². The average Bonchev–Trinajstić information content (AvgIpc) is 2.83. The molecule has 20 heavy (non-hydrogen) atoms. The van der Waals surface area contributed by atoms with Gasteiger partial charge in [-0.25, -0.2) is 13.8 Å². The Bertz CT molecular complexity index is 566. The molecule has 1 unspecified atom stereocenters. The van der Waals surface area contributed by atoms with E-state index >= 15 is 0 Å². The van der Waals surface area contributed by atoms with Crippen LogP contribution in [-0.4, -0.2) is 16.1 Å². The third kappa shape index (κ3) is 3.42. The fourth-order valence-corrected chi connectivity index (χ4v) is 2.17. The van der Waals surface area contributed by atoms with Gasteiger partial charge in [0.1, 0.15) is 17.5 Å². The van der Waals surface area contributed by atoms with E-state index in [9.17, 15) is 8.78 Å². The number of imidazole rings is 1. The Morgan fingerprint density at radius 1 is 1.35 bits per heavy atom. The lowest BCUT2D eigenvalue weighted by Gasteiger charge is -2.19. The molecule has 1 aromatic carbocycles. The predicted molar refractivity (Wildman–Crippen MR) is 74.3 cm³/mol. The molecule has 1 N–H and O–H groups in total. The van der Waals surface area contributed by atoms with Crippen LogP contribution >= 0.6 is 0 Å². The molecule has 0 spiro atoms. The Hall–Kier alpha value is -1.75. The normalized spacial score (nSPS) is 12.6. The van der Waals surface area contributed by atoms with Crippen molar-refractivity contribution in [2.24, 2.45) is 7.05 Å². The first-order valence-electron chi connectivity index (χ1n) is 6.76. The Kier molecular flexibility index (Phi) is 4.84. The van der Waals surface area contributed by atoms with Gasteiger partial charge in [-0.2, -0.15) is 0 Å². The van der Waals surface area contributed by atoms with Crippen LogP contribution in [0.2, 0.25) is 0 Å². The van der Waals surface area contributed by atoms with E-state index in [0.717, 1.165) is 24.9 Å². The maximum atomic E-state index is 13.9. The molecular weight excluding hydrogens is 260 g/mol. The summed E-state index contributed by atoms with van der Waals surface area (Å²) in [5.74, 6) is 0.0148. The van der Waals surface area contributed by atoms with Crippen molar-refractivity contribution < 1.29 is 8.78 Å². The van der Waals surface area contributed by atoms with Gasteiger partial charge in [0.25, 0.3) is 0 Å². The number of benzene rings is 1. The number of aryl methyl sites for hydroxylation is 1. The van der Waals surface area contributed by atoms with Gasteiger partial charge in [0.15, 0.2) is 0 Å². The highest BCUT2D eigenvalue weighted by Crippen LogP contribution is 2.21. The molecule has 1 aromatic heterocycles. The summed E-state index contributed by atoms with van der Waals surface area (Å²) in [4.78, 5) is 4.25. The number of aromatic nitrogens is 2. The Morgan fingerprint density at radius 3 is 2.80 bits per heavy atom. The van der Waals surface area contributed by atoms with E-state index in [4.69, 9.17) is 0 Å². The summed E-state index contributed by atoms with van der Waals surface area (Å²) < 4.78 is 29.2. The van der Waals surface area contributed by atoms with E-state index in [-0.39, 0.29) is 6.04 Å². The summed E-state index contributed by atoms with van der Waals surface area (Å²) in [7, 11) is 1.89. The minimum Gasteiger partial charge on any atom is -0.338 e. The summed E-state index contributed by atoms with van der Waals surface area (Å²) in [6.07, 6.45) is 4.99. The zero-order valence-electron chi connectivity index (χ0n) is 11.7. The molecule has 0 aliphatic heterocycles. The van der Waals surface area contributed by atoms with Crippen molar-refractivity contribution in [2.75, 3.05) is 6.54 Å². The number of nitrogens with zero attached hydrogens (tertiary/aromatic N) is 2. The smallest absolute Gasteiger partial charge is 0.128 e. The summed E-state index contributed by atoms with van der Waals surface area (Å²) in [6.45, 7) is 2.78. The summed E-state index contributed by atoms with van der Waals surface area (Å²) in [5, 5.41) is 3.26. The molecule has 0 saturated carbocycles. The molecule has 5 heteroatoms. The van der Waals surface area contributed by atoms with E-state index in [1.54, 1.807) is 6.20 Å². The second-order valence-corrected chi connectivity index (χ2v) is 4.83. The second-order valence-electron chi connectivity index (χ2n) is 4.83. The van der Waals surface area contributed by atoms with E-state index in [1.165, 1.54) is 12.1 Å². The molecular formula is C15H19F2N3. The fraction of sp³-hybridized carbons (Fsp3) is 0.400. The minimum atomic E-state index is -0.426. The van der Waals surface area contributed by atoms with Gasteiger partial charge in [0.05, 0.1) is 0 Å². The molecule has 2 aromatic rings. The maximum absolute atomic E-state index is 13.9. The van der Waals surface area contributed by atoms with Gasteiger partial charge < -0.3 is 9.88 Å². The standard InChI is InChI=1S/C15H19F2N3/c1-3-6-18-14(10-15-19-7-8-20(15)2)12-9-11(16)4-5-13(12)17/h4-5,7-9,14,18H,3,6,10H2,1-2H3. The largest absolute Gasteiger partial charge is 0.338 e. The van der Waals surface area contributed by atoms with Gasteiger partial charge in [-0.3, -0.25) is 0 Å². The van der Waals surface area contributed by atoms with Gasteiger partial charge >= 0.3 is 0 Å². The van der Waals surface area contributed by atoms with Crippen LogP contribution in [0.5, 0.6) is 0 Å². The number of rotatable bonds is 6. The summed E-state index contributed by atoms with van der Waals surface area (Å²) >= 11 is 0. The van der Waals surface area contributed by atoms with Crippen LogP contribution in [0.25, 0.3) is 0 Å². The Balaban J connectivity index is 2.27. The van der Waals surface area contributed by atoms with Crippen molar-refractivity contribution in [3.63, 3.8) is 0 Å². The van der Waals surface area contributed by atoms with E-state index in [2.05, 4.69) is 10.3 Å². The van der Waals surface area contributed by atoms with Crippen molar-refractivity contribution in [3.05, 3.63) is 53.6 Å². The lowest BCUT2D eigenvalue weighted by atomic mass is 10.0. The highest BCUT2D eigenvalue weighted by molar-refractivity contribution is 5.23. The molecule has 108 valence electrons. The van der Waals surface area contributed by atoms with Crippen molar-refractivity contribution in [1.82, 2.24) is 14.9 Å². The van der Waals surface area contributed by atoms with E-state index < -0.39 is 11.6 Å². The van der Waals surface area contributed by atoms with Gasteiger partial charge in [-0.1, -0.05) is 6.92 Å². The molecule has 0 fully saturated rings. The second kappa shape index (κ2) is 6.61. The van der Waals surface area contributed by atoms with Crippen LogP contribution in [0.15, 0.2) is 30.6 Å². The summed E-state index contributed by atoms with van der Waals surface area (Å²) in [5.41, 5.74) is 0.349. The molecule has 0 radical (unpaired) electrons. The minimum absolute atomic E-state index is 0.285. The molecule has 0 saturated heterocycles. The third-order valence-electron chi connectivity index (χ3n) is 3.28. The van der Waals surface area contributed by atoms with Gasteiger partial charge in [-0.05, 0) is 31.2 Å². The zero-order chi connectivity index (χ0) is 14.5. The molecule has 0 aliphatic carbocycles. The van der Waals surface area contributed by atoms with Gasteiger partial charge in [0.2, 0.25) is 0 Å². The maximum Gasteiger partial charge on any atom is 0.128 e. The van der Waals surface area contributed by atoms with E-state index in [0.29, 0.717) is 12.0 Å². The first-order valence-corrected chi connectivity index (χ1v) is 6.76. The monoisotopic (exact) mass is 279 g/mol. The number of hydrogen-bond acceptors (Lipinski definition) is 2. The highest BCUT2D eigenvalue weighted by atomic mass is 19.1. The number of halogens is 2. The van der Waals surface area contributed by atoms with Crippen molar-refractivity contribution in [1.29, 1.82) is 0 Å². The van der Waals surface area contributed by atoms with Crippen molar-refractivity contribution in [3.8, 4) is 0 Å². The third-order valence-corrected chi connectivity index (χ3v) is 3.28. The average molecular weight is 279 g/mol. The molecule has 1 heterocycles. The van der Waals surface area contributed by atoms with Crippen molar-refractivity contribution in [2.45, 2.75) is 25.8 Å². The van der Waals surface area contributed by atoms with Crippen LogP contribution in [0, 0.1) is 11.6 Å². The molecule has 3 nitrogen and oxygen atoms in total. The molecule has 2 rings (SSSR count). The topological polar surface area (TPSA) is 29.9 Å². The van der Waals surface area contributed by atoms with Gasteiger partial charge in [0, 0.05) is 37.5 Å². The molecule has 1 atom stereocenters. The Morgan fingerprint density at radius 2 is 2.15 bits per heavy atom. The van der Waals surface area contributed by atoms with Crippen LogP contribution in [-0.2, 0) is 13.5 Å². The van der Waals surface area contributed by atoms with Crippen LogP contribution in [0.3, 0.4) is 0 Å². The number of hydrogen-bond donors (Lipinski definition) is 1. The highest BCUT2D eigenvalue weighted by Gasteiger charge is 2.18. The SMILES string of the molecule is CCCNC(Cc1nccn1C)c1cc(F)ccc1F. The molecule has 0 amide bonds.